The van der Waals surface area contributed by atoms with Crippen molar-refractivity contribution in [3.63, 3.8) is 0 Å². The molecule has 2 fully saturated rings. The van der Waals surface area contributed by atoms with Crippen LogP contribution in [0.3, 0.4) is 0 Å². The Morgan fingerprint density at radius 1 is 1.10 bits per heavy atom. The standard InChI is InChI=1S/C15H20N6/c1-2-4-14(5-3-1)21-15(17-18-19-21)11-20-9-8-12-6-7-13(10-20)16-12/h1-5,12-13,16H,6-11H2. The lowest BCUT2D eigenvalue weighted by Crippen LogP contribution is -2.35. The number of tetrazole rings is 1. The van der Waals surface area contributed by atoms with E-state index < -0.39 is 0 Å². The van der Waals surface area contributed by atoms with E-state index in [-0.39, 0.29) is 0 Å². The van der Waals surface area contributed by atoms with Crippen LogP contribution in [0.15, 0.2) is 30.3 Å². The first-order valence-electron chi connectivity index (χ1n) is 7.69. The number of likely N-dealkylation sites (tertiary alicyclic amines) is 1. The summed E-state index contributed by atoms with van der Waals surface area (Å²) in [4.78, 5) is 2.47. The number of benzene rings is 1. The maximum Gasteiger partial charge on any atom is 0.170 e. The minimum absolute atomic E-state index is 0.638. The molecule has 0 amide bonds. The lowest BCUT2D eigenvalue weighted by molar-refractivity contribution is 0.243. The van der Waals surface area contributed by atoms with Gasteiger partial charge in [0.15, 0.2) is 5.82 Å². The van der Waals surface area contributed by atoms with Crippen molar-refractivity contribution in [3.8, 4) is 5.69 Å². The maximum absolute atomic E-state index is 4.22. The Kier molecular flexibility index (Phi) is 3.40. The fourth-order valence-electron chi connectivity index (χ4n) is 3.43. The fourth-order valence-corrected chi connectivity index (χ4v) is 3.43. The van der Waals surface area contributed by atoms with Crippen molar-refractivity contribution in [2.45, 2.75) is 37.9 Å². The summed E-state index contributed by atoms with van der Waals surface area (Å²) in [6.07, 6.45) is 3.86. The quantitative estimate of drug-likeness (QED) is 0.911. The summed E-state index contributed by atoms with van der Waals surface area (Å²) in [5.41, 5.74) is 1.02. The molecule has 2 aliphatic heterocycles. The summed E-state index contributed by atoms with van der Waals surface area (Å²) >= 11 is 0. The normalized spacial score (nSPS) is 25.9. The van der Waals surface area contributed by atoms with Gasteiger partial charge in [-0.1, -0.05) is 18.2 Å². The van der Waals surface area contributed by atoms with Gasteiger partial charge in [0.05, 0.1) is 12.2 Å². The first-order chi connectivity index (χ1) is 10.4. The van der Waals surface area contributed by atoms with Crippen LogP contribution in [0.25, 0.3) is 5.69 Å². The number of rotatable bonds is 3. The number of hydrogen-bond donors (Lipinski definition) is 1. The van der Waals surface area contributed by atoms with Crippen molar-refractivity contribution in [1.82, 2.24) is 30.4 Å². The van der Waals surface area contributed by atoms with E-state index in [4.69, 9.17) is 0 Å². The van der Waals surface area contributed by atoms with Crippen LogP contribution in [0.1, 0.15) is 25.1 Å². The molecule has 21 heavy (non-hydrogen) atoms. The molecular weight excluding hydrogens is 264 g/mol. The van der Waals surface area contributed by atoms with Gasteiger partial charge in [-0.05, 0) is 41.8 Å². The van der Waals surface area contributed by atoms with Crippen molar-refractivity contribution in [3.05, 3.63) is 36.2 Å². The van der Waals surface area contributed by atoms with Crippen LogP contribution < -0.4 is 5.32 Å². The van der Waals surface area contributed by atoms with E-state index in [2.05, 4.69) is 25.7 Å². The molecule has 1 aromatic heterocycles. The van der Waals surface area contributed by atoms with Gasteiger partial charge < -0.3 is 5.32 Å². The van der Waals surface area contributed by atoms with Crippen LogP contribution in [0.5, 0.6) is 0 Å². The molecule has 6 heteroatoms. The highest BCUT2D eigenvalue weighted by atomic mass is 15.5. The van der Waals surface area contributed by atoms with Crippen molar-refractivity contribution in [2.24, 2.45) is 0 Å². The van der Waals surface area contributed by atoms with E-state index in [1.54, 1.807) is 0 Å². The molecule has 2 aromatic rings. The summed E-state index contributed by atoms with van der Waals surface area (Å²) in [5.74, 6) is 0.916. The van der Waals surface area contributed by atoms with Crippen LogP contribution in [0.4, 0.5) is 0 Å². The highest BCUT2D eigenvalue weighted by molar-refractivity contribution is 5.30. The Hall–Kier alpha value is -1.79. The largest absolute Gasteiger partial charge is 0.310 e. The highest BCUT2D eigenvalue weighted by Gasteiger charge is 2.29. The molecule has 2 unspecified atom stereocenters. The molecule has 0 saturated carbocycles. The number of para-hydroxylation sites is 1. The number of nitrogens with zero attached hydrogens (tertiary/aromatic N) is 5. The summed E-state index contributed by atoms with van der Waals surface area (Å²) in [5, 5.41) is 15.9. The predicted octanol–water partition coefficient (Wildman–Crippen LogP) is 0.989. The molecule has 1 N–H and O–H groups in total. The van der Waals surface area contributed by atoms with Gasteiger partial charge in [-0.25, -0.2) is 0 Å². The van der Waals surface area contributed by atoms with Crippen LogP contribution in [0, 0.1) is 0 Å². The summed E-state index contributed by atoms with van der Waals surface area (Å²) < 4.78 is 1.84. The van der Waals surface area contributed by atoms with Gasteiger partial charge in [-0.3, -0.25) is 4.90 Å². The Morgan fingerprint density at radius 2 is 1.95 bits per heavy atom. The molecule has 0 aliphatic carbocycles. The summed E-state index contributed by atoms with van der Waals surface area (Å²) in [6, 6.07) is 11.4. The lowest BCUT2D eigenvalue weighted by Gasteiger charge is -2.23. The van der Waals surface area contributed by atoms with E-state index in [9.17, 15) is 0 Å². The zero-order valence-electron chi connectivity index (χ0n) is 12.0. The Bertz CT molecular complexity index is 595. The first kappa shape index (κ1) is 12.9. The summed E-state index contributed by atoms with van der Waals surface area (Å²) in [6.45, 7) is 3.03. The summed E-state index contributed by atoms with van der Waals surface area (Å²) in [7, 11) is 0. The second kappa shape index (κ2) is 5.54. The fraction of sp³-hybridized carbons (Fsp3) is 0.533. The molecule has 1 aromatic carbocycles. The average molecular weight is 284 g/mol. The maximum atomic E-state index is 4.22. The zero-order chi connectivity index (χ0) is 14.1. The van der Waals surface area contributed by atoms with E-state index in [0.29, 0.717) is 12.1 Å². The van der Waals surface area contributed by atoms with Gasteiger partial charge >= 0.3 is 0 Å². The molecule has 2 aliphatic rings. The van der Waals surface area contributed by atoms with Crippen molar-refractivity contribution < 1.29 is 0 Å². The van der Waals surface area contributed by atoms with Gasteiger partial charge in [0.25, 0.3) is 0 Å². The minimum Gasteiger partial charge on any atom is -0.310 e. The molecule has 3 heterocycles. The number of nitrogens with one attached hydrogen (secondary N) is 1. The minimum atomic E-state index is 0.638. The van der Waals surface area contributed by atoms with E-state index >= 15 is 0 Å². The molecule has 0 radical (unpaired) electrons. The molecule has 0 spiro atoms. The molecule has 4 rings (SSSR count). The number of hydrogen-bond acceptors (Lipinski definition) is 5. The third-order valence-electron chi connectivity index (χ3n) is 4.51. The molecular formula is C15H20N6. The topological polar surface area (TPSA) is 58.9 Å². The number of fused-ring (bicyclic) bond motifs is 2. The Labute approximate surface area is 124 Å². The van der Waals surface area contributed by atoms with Crippen LogP contribution in [-0.2, 0) is 6.54 Å². The van der Waals surface area contributed by atoms with Crippen molar-refractivity contribution in [2.75, 3.05) is 13.1 Å². The molecule has 2 saturated heterocycles. The van der Waals surface area contributed by atoms with E-state index in [1.165, 1.54) is 19.3 Å². The second-order valence-corrected chi connectivity index (χ2v) is 6.00. The smallest absolute Gasteiger partial charge is 0.170 e. The lowest BCUT2D eigenvalue weighted by atomic mass is 10.1. The predicted molar refractivity (Wildman–Crippen MR) is 79.0 cm³/mol. The highest BCUT2D eigenvalue weighted by Crippen LogP contribution is 2.21. The SMILES string of the molecule is c1ccc(-n2nnnc2CN2CCC3CCC(C2)N3)cc1. The van der Waals surface area contributed by atoms with Gasteiger partial charge in [0, 0.05) is 25.2 Å². The molecule has 2 atom stereocenters. The molecule has 110 valence electrons. The van der Waals surface area contributed by atoms with Gasteiger partial charge in [-0.15, -0.1) is 5.10 Å². The average Bonchev–Trinajstić information content (AvgIpc) is 3.09. The zero-order valence-corrected chi connectivity index (χ0v) is 12.0. The van der Waals surface area contributed by atoms with Crippen LogP contribution in [0.2, 0.25) is 0 Å². The van der Waals surface area contributed by atoms with Crippen molar-refractivity contribution >= 4 is 0 Å². The van der Waals surface area contributed by atoms with E-state index in [1.807, 2.05) is 35.0 Å². The first-order valence-corrected chi connectivity index (χ1v) is 7.69. The van der Waals surface area contributed by atoms with Crippen LogP contribution >= 0.6 is 0 Å². The monoisotopic (exact) mass is 284 g/mol. The van der Waals surface area contributed by atoms with Crippen LogP contribution in [-0.4, -0.2) is 50.3 Å². The van der Waals surface area contributed by atoms with Gasteiger partial charge in [0.2, 0.25) is 0 Å². The third kappa shape index (κ3) is 2.69. The molecule has 2 bridgehead atoms. The Balaban J connectivity index is 1.51. The third-order valence-corrected chi connectivity index (χ3v) is 4.51. The second-order valence-electron chi connectivity index (χ2n) is 6.00. The van der Waals surface area contributed by atoms with Gasteiger partial charge in [-0.2, -0.15) is 4.68 Å². The van der Waals surface area contributed by atoms with E-state index in [0.717, 1.165) is 31.1 Å². The molecule has 6 nitrogen and oxygen atoms in total. The number of aromatic nitrogens is 4. The van der Waals surface area contributed by atoms with Gasteiger partial charge in [0.1, 0.15) is 0 Å². The Morgan fingerprint density at radius 3 is 2.86 bits per heavy atom. The van der Waals surface area contributed by atoms with Crippen molar-refractivity contribution in [1.29, 1.82) is 0 Å².